The first kappa shape index (κ1) is 10.7. The first-order chi connectivity index (χ1) is 6.83. The van der Waals surface area contributed by atoms with Crippen molar-refractivity contribution < 1.29 is 4.79 Å². The minimum absolute atomic E-state index is 0.121. The molecule has 14 heavy (non-hydrogen) atoms. The van der Waals surface area contributed by atoms with Gasteiger partial charge >= 0.3 is 0 Å². The van der Waals surface area contributed by atoms with Crippen molar-refractivity contribution in [2.24, 2.45) is 0 Å². The highest BCUT2D eigenvalue weighted by atomic mass is 16.1. The zero-order valence-corrected chi connectivity index (χ0v) is 8.49. The molecule has 3 heteroatoms. The average molecular weight is 192 g/mol. The van der Waals surface area contributed by atoms with Crippen LogP contribution in [0.5, 0.6) is 0 Å². The van der Waals surface area contributed by atoms with Crippen molar-refractivity contribution in [1.29, 1.82) is 0 Å². The second-order valence-electron chi connectivity index (χ2n) is 3.24. The molecule has 0 unspecified atom stereocenters. The van der Waals surface area contributed by atoms with E-state index in [1.165, 1.54) is 0 Å². The summed E-state index contributed by atoms with van der Waals surface area (Å²) in [5.74, 6) is 0.121. The van der Waals surface area contributed by atoms with Gasteiger partial charge in [-0.1, -0.05) is 19.4 Å². The van der Waals surface area contributed by atoms with E-state index in [4.69, 9.17) is 0 Å². The Hall–Kier alpha value is -1.38. The third kappa shape index (κ3) is 4.03. The fraction of sp³-hybridized carbons (Fsp3) is 0.455. The number of nitrogens with zero attached hydrogens (tertiary/aromatic N) is 1. The van der Waals surface area contributed by atoms with Crippen LogP contribution in [0.4, 0.5) is 0 Å². The van der Waals surface area contributed by atoms with Crippen molar-refractivity contribution in [3.8, 4) is 0 Å². The van der Waals surface area contributed by atoms with Gasteiger partial charge < -0.3 is 5.32 Å². The van der Waals surface area contributed by atoms with Gasteiger partial charge in [0.25, 0.3) is 0 Å². The van der Waals surface area contributed by atoms with E-state index in [1.807, 2.05) is 12.1 Å². The topological polar surface area (TPSA) is 42.0 Å². The van der Waals surface area contributed by atoms with E-state index >= 15 is 0 Å². The molecular formula is C11H16N2O. The van der Waals surface area contributed by atoms with Crippen LogP contribution in [0.1, 0.15) is 31.7 Å². The Morgan fingerprint density at radius 1 is 1.57 bits per heavy atom. The summed E-state index contributed by atoms with van der Waals surface area (Å²) < 4.78 is 0. The molecule has 1 rings (SSSR count). The molecule has 0 aliphatic carbocycles. The summed E-state index contributed by atoms with van der Waals surface area (Å²) in [4.78, 5) is 15.2. The molecule has 1 amide bonds. The molecule has 0 atom stereocenters. The number of rotatable bonds is 5. The van der Waals surface area contributed by atoms with Gasteiger partial charge in [0, 0.05) is 25.4 Å². The summed E-state index contributed by atoms with van der Waals surface area (Å²) in [7, 11) is 0. The summed E-state index contributed by atoms with van der Waals surface area (Å²) in [6.07, 6.45) is 6.12. The molecular weight excluding hydrogens is 176 g/mol. The molecule has 0 radical (unpaired) electrons. The maximum Gasteiger partial charge on any atom is 0.220 e. The minimum atomic E-state index is 0.121. The van der Waals surface area contributed by atoms with Crippen molar-refractivity contribution in [2.75, 3.05) is 0 Å². The summed E-state index contributed by atoms with van der Waals surface area (Å²) >= 11 is 0. The predicted octanol–water partition coefficient (Wildman–Crippen LogP) is 1.89. The molecule has 1 N–H and O–H groups in total. The second-order valence-corrected chi connectivity index (χ2v) is 3.24. The Morgan fingerprint density at radius 3 is 3.07 bits per heavy atom. The monoisotopic (exact) mass is 192 g/mol. The SMILES string of the molecule is CCCCC(=O)NCc1cccnc1. The van der Waals surface area contributed by atoms with Crippen LogP contribution in [0.25, 0.3) is 0 Å². The number of hydrogen-bond acceptors (Lipinski definition) is 2. The highest BCUT2D eigenvalue weighted by Gasteiger charge is 1.99. The van der Waals surface area contributed by atoms with Crippen molar-refractivity contribution in [1.82, 2.24) is 10.3 Å². The number of aromatic nitrogens is 1. The maximum atomic E-state index is 11.2. The van der Waals surface area contributed by atoms with Gasteiger partial charge in [-0.15, -0.1) is 0 Å². The lowest BCUT2D eigenvalue weighted by atomic mass is 10.2. The first-order valence-electron chi connectivity index (χ1n) is 4.98. The van der Waals surface area contributed by atoms with Gasteiger partial charge in [-0.25, -0.2) is 0 Å². The molecule has 0 saturated carbocycles. The third-order valence-electron chi connectivity index (χ3n) is 1.97. The van der Waals surface area contributed by atoms with Crippen LogP contribution in [0, 0.1) is 0 Å². The summed E-state index contributed by atoms with van der Waals surface area (Å²) in [5.41, 5.74) is 1.04. The van der Waals surface area contributed by atoms with Gasteiger partial charge in [0.1, 0.15) is 0 Å². The Labute approximate surface area is 84.6 Å². The smallest absolute Gasteiger partial charge is 0.220 e. The fourth-order valence-corrected chi connectivity index (χ4v) is 1.13. The Kier molecular flexibility index (Phi) is 4.69. The number of pyridine rings is 1. The predicted molar refractivity (Wildman–Crippen MR) is 55.6 cm³/mol. The Bertz CT molecular complexity index is 272. The van der Waals surface area contributed by atoms with Gasteiger partial charge in [-0.05, 0) is 18.1 Å². The number of carbonyl (C=O) groups excluding carboxylic acids is 1. The van der Waals surface area contributed by atoms with Gasteiger partial charge in [0.15, 0.2) is 0 Å². The summed E-state index contributed by atoms with van der Waals surface area (Å²) in [6, 6.07) is 3.82. The molecule has 76 valence electrons. The largest absolute Gasteiger partial charge is 0.352 e. The van der Waals surface area contributed by atoms with Crippen LogP contribution < -0.4 is 5.32 Å². The van der Waals surface area contributed by atoms with Crippen molar-refractivity contribution in [2.45, 2.75) is 32.7 Å². The van der Waals surface area contributed by atoms with Crippen molar-refractivity contribution in [3.63, 3.8) is 0 Å². The van der Waals surface area contributed by atoms with E-state index in [9.17, 15) is 4.79 Å². The van der Waals surface area contributed by atoms with Crippen LogP contribution in [0.3, 0.4) is 0 Å². The van der Waals surface area contributed by atoms with Crippen LogP contribution in [0.15, 0.2) is 24.5 Å². The molecule has 0 fully saturated rings. The number of carbonyl (C=O) groups is 1. The Morgan fingerprint density at radius 2 is 2.43 bits per heavy atom. The van der Waals surface area contributed by atoms with Gasteiger partial charge in [-0.2, -0.15) is 0 Å². The molecule has 0 aliphatic rings. The summed E-state index contributed by atoms with van der Waals surface area (Å²) in [5, 5.41) is 2.85. The second kappa shape index (κ2) is 6.13. The van der Waals surface area contributed by atoms with Crippen LogP contribution >= 0.6 is 0 Å². The molecule has 0 spiro atoms. The molecule has 1 aromatic heterocycles. The number of nitrogens with one attached hydrogen (secondary N) is 1. The highest BCUT2D eigenvalue weighted by Crippen LogP contribution is 1.97. The van der Waals surface area contributed by atoms with Crippen molar-refractivity contribution >= 4 is 5.91 Å². The van der Waals surface area contributed by atoms with E-state index in [0.29, 0.717) is 13.0 Å². The molecule has 0 bridgehead atoms. The minimum Gasteiger partial charge on any atom is -0.352 e. The quantitative estimate of drug-likeness (QED) is 0.774. The zero-order chi connectivity index (χ0) is 10.2. The van der Waals surface area contributed by atoms with Crippen LogP contribution in [0.2, 0.25) is 0 Å². The van der Waals surface area contributed by atoms with Gasteiger partial charge in [0.05, 0.1) is 0 Å². The van der Waals surface area contributed by atoms with Crippen molar-refractivity contribution in [3.05, 3.63) is 30.1 Å². The van der Waals surface area contributed by atoms with Crippen LogP contribution in [-0.4, -0.2) is 10.9 Å². The molecule has 0 aliphatic heterocycles. The lowest BCUT2D eigenvalue weighted by Crippen LogP contribution is -2.22. The van der Waals surface area contributed by atoms with E-state index in [-0.39, 0.29) is 5.91 Å². The standard InChI is InChI=1S/C11H16N2O/c1-2-3-6-11(14)13-9-10-5-4-7-12-8-10/h4-5,7-8H,2-3,6,9H2,1H3,(H,13,14). The van der Waals surface area contributed by atoms with E-state index in [1.54, 1.807) is 12.4 Å². The Balaban J connectivity index is 2.24. The average Bonchev–Trinajstić information content (AvgIpc) is 2.25. The number of amides is 1. The van der Waals surface area contributed by atoms with Crippen LogP contribution in [-0.2, 0) is 11.3 Å². The summed E-state index contributed by atoms with van der Waals surface area (Å²) in [6.45, 7) is 2.66. The zero-order valence-electron chi connectivity index (χ0n) is 8.49. The van der Waals surface area contributed by atoms with E-state index in [2.05, 4.69) is 17.2 Å². The molecule has 1 heterocycles. The maximum absolute atomic E-state index is 11.2. The van der Waals surface area contributed by atoms with Gasteiger partial charge in [0.2, 0.25) is 5.91 Å². The normalized spacial score (nSPS) is 9.79. The molecule has 0 aromatic carbocycles. The highest BCUT2D eigenvalue weighted by molar-refractivity contribution is 5.75. The lowest BCUT2D eigenvalue weighted by Gasteiger charge is -2.03. The molecule has 0 saturated heterocycles. The van der Waals surface area contributed by atoms with E-state index in [0.717, 1.165) is 18.4 Å². The van der Waals surface area contributed by atoms with Gasteiger partial charge in [-0.3, -0.25) is 9.78 Å². The molecule has 1 aromatic rings. The van der Waals surface area contributed by atoms with E-state index < -0.39 is 0 Å². The lowest BCUT2D eigenvalue weighted by molar-refractivity contribution is -0.121. The fourth-order valence-electron chi connectivity index (χ4n) is 1.13. The number of hydrogen-bond donors (Lipinski definition) is 1. The number of unbranched alkanes of at least 4 members (excludes halogenated alkanes) is 1. The first-order valence-corrected chi connectivity index (χ1v) is 4.98. The molecule has 3 nitrogen and oxygen atoms in total. The third-order valence-corrected chi connectivity index (χ3v) is 1.97.